The number of benzene rings is 1. The quantitative estimate of drug-likeness (QED) is 0.879. The molecule has 122 valence electrons. The van der Waals surface area contributed by atoms with Crippen LogP contribution in [0.1, 0.15) is 51.9 Å². The van der Waals surface area contributed by atoms with E-state index in [1.165, 1.54) is 44.9 Å². The average Bonchev–Trinajstić information content (AvgIpc) is 2.50. The van der Waals surface area contributed by atoms with Gasteiger partial charge in [-0.15, -0.1) is 0 Å². The van der Waals surface area contributed by atoms with E-state index < -0.39 is 0 Å². The lowest BCUT2D eigenvalue weighted by Crippen LogP contribution is -2.96. The smallest absolute Gasteiger partial charge is 0.282 e. The number of rotatable bonds is 5. The number of hydrogen-bond donors (Lipinski definition) is 2. The van der Waals surface area contributed by atoms with Gasteiger partial charge in [0.15, 0.2) is 6.04 Å². The van der Waals surface area contributed by atoms with E-state index in [-0.39, 0.29) is 11.9 Å². The molecule has 4 nitrogen and oxygen atoms in total. The monoisotopic (exact) mass is 305 g/mol. The molecule has 1 saturated carbocycles. The minimum Gasteiger partial charge on any atom is -0.495 e. The molecule has 1 aliphatic carbocycles. The Morgan fingerprint density at radius 2 is 1.82 bits per heavy atom. The molecule has 0 radical (unpaired) electrons. The number of carbonyl (C=O) groups excluding carboxylic acids is 1. The highest BCUT2D eigenvalue weighted by molar-refractivity contribution is 5.94. The Bertz CT molecular complexity index is 468. The van der Waals surface area contributed by atoms with Crippen molar-refractivity contribution in [3.05, 3.63) is 24.3 Å². The first-order chi connectivity index (χ1) is 10.7. The van der Waals surface area contributed by atoms with Crippen LogP contribution in [0.4, 0.5) is 5.69 Å². The Kier molecular flexibility index (Phi) is 6.72. The Labute approximate surface area is 133 Å². The third kappa shape index (κ3) is 5.02. The molecule has 0 spiro atoms. The standard InChI is InChI=1S/C18H28N2O2/c1-14(19-15-10-6-4-3-5-7-11-15)18(21)20-16-12-8-9-13-17(16)22-2/h8-9,12-15,19H,3-7,10-11H2,1-2H3,(H,20,21)/p+1/t14-/m1/s1. The van der Waals surface area contributed by atoms with Crippen molar-refractivity contribution < 1.29 is 14.8 Å². The zero-order valence-corrected chi connectivity index (χ0v) is 13.8. The lowest BCUT2D eigenvalue weighted by atomic mass is 9.96. The highest BCUT2D eigenvalue weighted by atomic mass is 16.5. The van der Waals surface area contributed by atoms with Gasteiger partial charge in [0, 0.05) is 0 Å². The van der Waals surface area contributed by atoms with Gasteiger partial charge in [-0.2, -0.15) is 0 Å². The molecule has 1 amide bonds. The number of anilines is 1. The van der Waals surface area contributed by atoms with Crippen LogP contribution in [0.2, 0.25) is 0 Å². The predicted molar refractivity (Wildman–Crippen MR) is 89.1 cm³/mol. The van der Waals surface area contributed by atoms with Crippen molar-refractivity contribution in [1.82, 2.24) is 0 Å². The number of nitrogens with two attached hydrogens (primary N) is 1. The van der Waals surface area contributed by atoms with Gasteiger partial charge in [0.2, 0.25) is 0 Å². The van der Waals surface area contributed by atoms with Crippen molar-refractivity contribution in [2.24, 2.45) is 0 Å². The highest BCUT2D eigenvalue weighted by Crippen LogP contribution is 2.23. The van der Waals surface area contributed by atoms with Crippen molar-refractivity contribution in [2.75, 3.05) is 12.4 Å². The van der Waals surface area contributed by atoms with Crippen molar-refractivity contribution in [2.45, 2.75) is 64.0 Å². The van der Waals surface area contributed by atoms with Crippen LogP contribution >= 0.6 is 0 Å². The molecular weight excluding hydrogens is 276 g/mol. The van der Waals surface area contributed by atoms with Crippen molar-refractivity contribution >= 4 is 11.6 Å². The number of nitrogens with one attached hydrogen (secondary N) is 1. The predicted octanol–water partition coefficient (Wildman–Crippen LogP) is 2.70. The number of para-hydroxylation sites is 2. The number of methoxy groups -OCH3 is 1. The van der Waals surface area contributed by atoms with E-state index in [9.17, 15) is 4.79 Å². The van der Waals surface area contributed by atoms with Crippen LogP contribution < -0.4 is 15.4 Å². The summed E-state index contributed by atoms with van der Waals surface area (Å²) in [5.74, 6) is 0.751. The fourth-order valence-electron chi connectivity index (χ4n) is 3.17. The van der Waals surface area contributed by atoms with Crippen molar-refractivity contribution in [1.29, 1.82) is 0 Å². The van der Waals surface area contributed by atoms with Crippen LogP contribution in [0, 0.1) is 0 Å². The zero-order valence-electron chi connectivity index (χ0n) is 13.8. The molecule has 0 unspecified atom stereocenters. The summed E-state index contributed by atoms with van der Waals surface area (Å²) in [6.45, 7) is 1.99. The average molecular weight is 305 g/mol. The number of amides is 1. The summed E-state index contributed by atoms with van der Waals surface area (Å²) in [5.41, 5.74) is 0.743. The fraction of sp³-hybridized carbons (Fsp3) is 0.611. The lowest BCUT2D eigenvalue weighted by molar-refractivity contribution is -0.707. The van der Waals surface area contributed by atoms with Gasteiger partial charge < -0.3 is 15.4 Å². The van der Waals surface area contributed by atoms with Gasteiger partial charge in [-0.25, -0.2) is 0 Å². The third-order valence-corrected chi connectivity index (χ3v) is 4.49. The van der Waals surface area contributed by atoms with Crippen LogP contribution in [0.5, 0.6) is 5.75 Å². The van der Waals surface area contributed by atoms with Crippen LogP contribution in [0.25, 0.3) is 0 Å². The van der Waals surface area contributed by atoms with E-state index >= 15 is 0 Å². The third-order valence-electron chi connectivity index (χ3n) is 4.49. The van der Waals surface area contributed by atoms with Gasteiger partial charge in [-0.05, 0) is 44.7 Å². The maximum atomic E-state index is 12.4. The molecule has 0 saturated heterocycles. The Morgan fingerprint density at radius 3 is 2.50 bits per heavy atom. The summed E-state index contributed by atoms with van der Waals surface area (Å²) in [5, 5.41) is 5.23. The molecule has 0 bridgehead atoms. The molecule has 0 aliphatic heterocycles. The minimum absolute atomic E-state index is 0.0477. The molecule has 22 heavy (non-hydrogen) atoms. The maximum Gasteiger partial charge on any atom is 0.282 e. The zero-order chi connectivity index (χ0) is 15.8. The van der Waals surface area contributed by atoms with Crippen LogP contribution in [0.3, 0.4) is 0 Å². The first-order valence-corrected chi connectivity index (χ1v) is 8.49. The summed E-state index contributed by atoms with van der Waals surface area (Å²) in [7, 11) is 1.62. The summed E-state index contributed by atoms with van der Waals surface area (Å²) >= 11 is 0. The minimum atomic E-state index is -0.0747. The Balaban J connectivity index is 1.88. The van der Waals surface area contributed by atoms with Gasteiger partial charge in [0.25, 0.3) is 5.91 Å². The molecule has 1 fully saturated rings. The molecule has 0 heterocycles. The molecule has 2 rings (SSSR count). The van der Waals surface area contributed by atoms with Gasteiger partial charge in [-0.3, -0.25) is 4.79 Å². The first kappa shape index (κ1) is 16.8. The maximum absolute atomic E-state index is 12.4. The van der Waals surface area contributed by atoms with E-state index in [4.69, 9.17) is 4.74 Å². The number of quaternary nitrogens is 1. The van der Waals surface area contributed by atoms with E-state index in [0.717, 1.165) is 5.69 Å². The summed E-state index contributed by atoms with van der Waals surface area (Å²) in [4.78, 5) is 12.4. The molecular formula is C18H29N2O2+. The summed E-state index contributed by atoms with van der Waals surface area (Å²) in [6.07, 6.45) is 9.09. The van der Waals surface area contributed by atoms with E-state index in [1.54, 1.807) is 7.11 Å². The van der Waals surface area contributed by atoms with Crippen molar-refractivity contribution in [3.63, 3.8) is 0 Å². The molecule has 3 N–H and O–H groups in total. The van der Waals surface area contributed by atoms with Crippen LogP contribution in [-0.2, 0) is 4.79 Å². The number of carbonyl (C=O) groups is 1. The van der Waals surface area contributed by atoms with Gasteiger partial charge in [0.05, 0.1) is 18.8 Å². The van der Waals surface area contributed by atoms with Crippen LogP contribution in [0.15, 0.2) is 24.3 Å². The highest BCUT2D eigenvalue weighted by Gasteiger charge is 2.23. The van der Waals surface area contributed by atoms with Crippen molar-refractivity contribution in [3.8, 4) is 5.75 Å². The lowest BCUT2D eigenvalue weighted by Gasteiger charge is -2.22. The first-order valence-electron chi connectivity index (χ1n) is 8.49. The topological polar surface area (TPSA) is 54.9 Å². The number of hydrogen-bond acceptors (Lipinski definition) is 2. The van der Waals surface area contributed by atoms with E-state index in [0.29, 0.717) is 11.8 Å². The molecule has 4 heteroatoms. The van der Waals surface area contributed by atoms with Gasteiger partial charge in [-0.1, -0.05) is 31.4 Å². The molecule has 1 aromatic rings. The SMILES string of the molecule is COc1ccccc1NC(=O)[C@@H](C)[NH2+]C1CCCCCCC1. The normalized spacial score (nSPS) is 18.1. The second-order valence-electron chi connectivity index (χ2n) is 6.28. The second-order valence-corrected chi connectivity index (χ2v) is 6.28. The molecule has 1 aromatic carbocycles. The summed E-state index contributed by atoms with van der Waals surface area (Å²) < 4.78 is 5.28. The van der Waals surface area contributed by atoms with Gasteiger partial charge in [0.1, 0.15) is 5.75 Å². The summed E-state index contributed by atoms with van der Waals surface area (Å²) in [6, 6.07) is 8.05. The second kappa shape index (κ2) is 8.79. The molecule has 1 atom stereocenters. The van der Waals surface area contributed by atoms with E-state index in [1.807, 2.05) is 31.2 Å². The Hall–Kier alpha value is -1.55. The van der Waals surface area contributed by atoms with E-state index in [2.05, 4.69) is 10.6 Å². The largest absolute Gasteiger partial charge is 0.495 e. The molecule has 0 aromatic heterocycles. The molecule has 1 aliphatic rings. The Morgan fingerprint density at radius 1 is 1.18 bits per heavy atom. The van der Waals surface area contributed by atoms with Gasteiger partial charge >= 0.3 is 0 Å². The number of ether oxygens (including phenoxy) is 1. The van der Waals surface area contributed by atoms with Crippen LogP contribution in [-0.4, -0.2) is 25.1 Å². The fourth-order valence-corrected chi connectivity index (χ4v) is 3.17.